The average Bonchev–Trinajstić information content (AvgIpc) is 2.45. The van der Waals surface area contributed by atoms with Crippen LogP contribution in [0.3, 0.4) is 0 Å². The molecule has 0 radical (unpaired) electrons. The summed E-state index contributed by atoms with van der Waals surface area (Å²) in [6.45, 7) is 4.85. The van der Waals surface area contributed by atoms with Crippen molar-refractivity contribution in [2.24, 2.45) is 11.7 Å². The Morgan fingerprint density at radius 2 is 2.10 bits per heavy atom. The van der Waals surface area contributed by atoms with Gasteiger partial charge in [-0.15, -0.1) is 0 Å². The van der Waals surface area contributed by atoms with Gasteiger partial charge in [0.2, 0.25) is 5.91 Å². The van der Waals surface area contributed by atoms with Gasteiger partial charge in [-0.2, -0.15) is 0 Å². The van der Waals surface area contributed by atoms with Gasteiger partial charge < -0.3 is 15.8 Å². The molecule has 1 atom stereocenters. The van der Waals surface area contributed by atoms with Crippen LogP contribution in [-0.2, 0) is 4.79 Å². The Kier molecular flexibility index (Phi) is 7.83. The quantitative estimate of drug-likeness (QED) is 0.732. The van der Waals surface area contributed by atoms with Crippen molar-refractivity contribution >= 4 is 11.6 Å². The summed E-state index contributed by atoms with van der Waals surface area (Å²) in [6, 6.07) is 5.77. The van der Waals surface area contributed by atoms with Crippen LogP contribution in [0.25, 0.3) is 0 Å². The van der Waals surface area contributed by atoms with Crippen molar-refractivity contribution in [1.29, 1.82) is 0 Å². The lowest BCUT2D eigenvalue weighted by Gasteiger charge is -2.15. The molecule has 0 bridgehead atoms. The van der Waals surface area contributed by atoms with Crippen molar-refractivity contribution in [3.05, 3.63) is 23.8 Å². The van der Waals surface area contributed by atoms with Crippen LogP contribution in [0, 0.1) is 12.8 Å². The maximum Gasteiger partial charge on any atom is 0.224 e. The molecule has 1 aromatic rings. The van der Waals surface area contributed by atoms with E-state index in [-0.39, 0.29) is 5.91 Å². The number of benzene rings is 1. The first-order valence-corrected chi connectivity index (χ1v) is 7.75. The number of nitrogens with one attached hydrogen (secondary N) is 1. The van der Waals surface area contributed by atoms with Crippen LogP contribution in [0.1, 0.15) is 44.6 Å². The first-order chi connectivity index (χ1) is 10.1. The standard InChI is InChI=1S/C17H28N2O2/c1-4-5-14(10-11-18)7-9-17(20)19-15-12-13(2)6-8-16(15)21-3/h6,8,12,14H,4-5,7,9-11,18H2,1-3H3,(H,19,20). The van der Waals surface area contributed by atoms with E-state index in [0.29, 0.717) is 24.6 Å². The molecule has 21 heavy (non-hydrogen) atoms. The minimum atomic E-state index is 0.0389. The number of rotatable bonds is 9. The summed E-state index contributed by atoms with van der Waals surface area (Å²) in [7, 11) is 1.61. The fraction of sp³-hybridized carbons (Fsp3) is 0.588. The number of aryl methyl sites for hydroxylation is 1. The molecule has 4 nitrogen and oxygen atoms in total. The van der Waals surface area contributed by atoms with Gasteiger partial charge >= 0.3 is 0 Å². The normalized spacial score (nSPS) is 12.0. The highest BCUT2D eigenvalue weighted by atomic mass is 16.5. The molecule has 1 rings (SSSR count). The smallest absolute Gasteiger partial charge is 0.224 e. The van der Waals surface area contributed by atoms with Gasteiger partial charge in [-0.3, -0.25) is 4.79 Å². The molecule has 0 fully saturated rings. The Hall–Kier alpha value is -1.55. The SMILES string of the molecule is CCCC(CCN)CCC(=O)Nc1cc(C)ccc1OC. The third-order valence-corrected chi connectivity index (χ3v) is 3.68. The van der Waals surface area contributed by atoms with Crippen molar-refractivity contribution in [2.45, 2.75) is 46.0 Å². The second kappa shape index (κ2) is 9.40. The van der Waals surface area contributed by atoms with E-state index in [9.17, 15) is 4.79 Å². The van der Waals surface area contributed by atoms with E-state index in [1.54, 1.807) is 7.11 Å². The van der Waals surface area contributed by atoms with E-state index in [1.165, 1.54) is 0 Å². The Balaban J connectivity index is 2.55. The largest absolute Gasteiger partial charge is 0.495 e. The molecule has 3 N–H and O–H groups in total. The molecule has 118 valence electrons. The van der Waals surface area contributed by atoms with Crippen molar-refractivity contribution < 1.29 is 9.53 Å². The predicted molar refractivity (Wildman–Crippen MR) is 87.7 cm³/mol. The Morgan fingerprint density at radius 3 is 2.71 bits per heavy atom. The van der Waals surface area contributed by atoms with Gasteiger partial charge in [0.05, 0.1) is 12.8 Å². The van der Waals surface area contributed by atoms with Crippen LogP contribution in [0.5, 0.6) is 5.75 Å². The lowest BCUT2D eigenvalue weighted by Crippen LogP contribution is -2.16. The number of methoxy groups -OCH3 is 1. The number of amides is 1. The van der Waals surface area contributed by atoms with Crippen LogP contribution in [0.4, 0.5) is 5.69 Å². The van der Waals surface area contributed by atoms with Crippen LogP contribution >= 0.6 is 0 Å². The van der Waals surface area contributed by atoms with E-state index in [4.69, 9.17) is 10.5 Å². The van der Waals surface area contributed by atoms with Gasteiger partial charge in [0.25, 0.3) is 0 Å². The average molecular weight is 292 g/mol. The second-order valence-corrected chi connectivity index (χ2v) is 5.52. The van der Waals surface area contributed by atoms with Gasteiger partial charge in [0.1, 0.15) is 5.75 Å². The molecule has 0 saturated carbocycles. The molecular formula is C17H28N2O2. The molecule has 0 saturated heterocycles. The Labute approximate surface area is 128 Å². The zero-order valence-corrected chi connectivity index (χ0v) is 13.4. The highest BCUT2D eigenvalue weighted by molar-refractivity contribution is 5.92. The van der Waals surface area contributed by atoms with Crippen LogP contribution in [-0.4, -0.2) is 19.6 Å². The lowest BCUT2D eigenvalue weighted by atomic mass is 9.94. The molecule has 0 aliphatic heterocycles. The maximum absolute atomic E-state index is 12.1. The Bertz CT molecular complexity index is 440. The van der Waals surface area contributed by atoms with Crippen LogP contribution in [0.2, 0.25) is 0 Å². The molecule has 0 spiro atoms. The summed E-state index contributed by atoms with van der Waals surface area (Å²) in [5, 5.41) is 2.95. The summed E-state index contributed by atoms with van der Waals surface area (Å²) in [6.07, 6.45) is 4.69. The zero-order valence-electron chi connectivity index (χ0n) is 13.4. The number of carbonyl (C=O) groups is 1. The first kappa shape index (κ1) is 17.5. The fourth-order valence-corrected chi connectivity index (χ4v) is 2.54. The minimum Gasteiger partial charge on any atom is -0.495 e. The number of hydrogen-bond acceptors (Lipinski definition) is 3. The van der Waals surface area contributed by atoms with Crippen molar-refractivity contribution in [1.82, 2.24) is 0 Å². The van der Waals surface area contributed by atoms with Crippen molar-refractivity contribution in [3.63, 3.8) is 0 Å². The van der Waals surface area contributed by atoms with E-state index in [2.05, 4.69) is 12.2 Å². The maximum atomic E-state index is 12.1. The van der Waals surface area contributed by atoms with E-state index in [0.717, 1.165) is 36.9 Å². The molecule has 0 aromatic heterocycles. The molecular weight excluding hydrogens is 264 g/mol. The summed E-state index contributed by atoms with van der Waals surface area (Å²) >= 11 is 0. The topological polar surface area (TPSA) is 64.4 Å². The highest BCUT2D eigenvalue weighted by Gasteiger charge is 2.12. The van der Waals surface area contributed by atoms with E-state index >= 15 is 0 Å². The van der Waals surface area contributed by atoms with Gasteiger partial charge in [-0.25, -0.2) is 0 Å². The van der Waals surface area contributed by atoms with Gasteiger partial charge in [0.15, 0.2) is 0 Å². The number of ether oxygens (including phenoxy) is 1. The molecule has 1 aromatic carbocycles. The monoisotopic (exact) mass is 292 g/mol. The third-order valence-electron chi connectivity index (χ3n) is 3.68. The van der Waals surface area contributed by atoms with Gasteiger partial charge in [-0.05, 0) is 49.9 Å². The van der Waals surface area contributed by atoms with Gasteiger partial charge in [-0.1, -0.05) is 25.8 Å². The fourth-order valence-electron chi connectivity index (χ4n) is 2.54. The summed E-state index contributed by atoms with van der Waals surface area (Å²) in [5.74, 6) is 1.28. The number of anilines is 1. The van der Waals surface area contributed by atoms with E-state index < -0.39 is 0 Å². The molecule has 0 aliphatic rings. The molecule has 0 heterocycles. The second-order valence-electron chi connectivity index (χ2n) is 5.52. The number of hydrogen-bond donors (Lipinski definition) is 2. The van der Waals surface area contributed by atoms with Crippen molar-refractivity contribution in [2.75, 3.05) is 19.0 Å². The summed E-state index contributed by atoms with van der Waals surface area (Å²) in [4.78, 5) is 12.1. The van der Waals surface area contributed by atoms with Crippen LogP contribution < -0.4 is 15.8 Å². The zero-order chi connectivity index (χ0) is 15.7. The molecule has 4 heteroatoms. The predicted octanol–water partition coefficient (Wildman–Crippen LogP) is 3.49. The van der Waals surface area contributed by atoms with Crippen molar-refractivity contribution in [3.8, 4) is 5.75 Å². The molecule has 1 amide bonds. The van der Waals surface area contributed by atoms with Crippen LogP contribution in [0.15, 0.2) is 18.2 Å². The third kappa shape index (κ3) is 6.17. The van der Waals surface area contributed by atoms with Gasteiger partial charge in [0, 0.05) is 6.42 Å². The molecule has 0 aliphatic carbocycles. The summed E-state index contributed by atoms with van der Waals surface area (Å²) < 4.78 is 5.27. The molecule has 1 unspecified atom stereocenters. The minimum absolute atomic E-state index is 0.0389. The lowest BCUT2D eigenvalue weighted by molar-refractivity contribution is -0.116. The number of carbonyl (C=O) groups excluding carboxylic acids is 1. The number of nitrogens with two attached hydrogens (primary N) is 1. The highest BCUT2D eigenvalue weighted by Crippen LogP contribution is 2.26. The van der Waals surface area contributed by atoms with E-state index in [1.807, 2.05) is 25.1 Å². The first-order valence-electron chi connectivity index (χ1n) is 7.75. The Morgan fingerprint density at radius 1 is 1.33 bits per heavy atom. The summed E-state index contributed by atoms with van der Waals surface area (Å²) in [5.41, 5.74) is 7.47.